The number of nitrogen functional groups attached to an aromatic ring is 1. The Morgan fingerprint density at radius 1 is 0.742 bits per heavy atom. The molecular weight excluding hydrogens is 817 g/mol. The van der Waals surface area contributed by atoms with Crippen molar-refractivity contribution in [2.75, 3.05) is 5.73 Å². The maximum Gasteiger partial charge on any atom is 0.416 e. The Morgan fingerprint density at radius 2 is 1.37 bits per heavy atom. The van der Waals surface area contributed by atoms with Crippen LogP contribution in [0.4, 0.5) is 32.2 Å². The number of benzene rings is 2. The molecule has 19 heteroatoms. The first-order chi connectivity index (χ1) is 29.3. The SMILES string of the molecule is Cc1cc(C(F)(F)F)cc(O)c1-c1ccc2cn(C3CCc4nnc(C)n4C3)nc2n1.Cc1cn2c(n1)CCC(N=Cc1ccc(-c3c(C)cc(C(F)(F)F)cc3O)nc1N)C2. The number of rotatable bonds is 5. The van der Waals surface area contributed by atoms with Crippen molar-refractivity contribution >= 4 is 23.1 Å². The summed E-state index contributed by atoms with van der Waals surface area (Å²) in [5.41, 5.74) is 8.07. The molecule has 5 aromatic heterocycles. The summed E-state index contributed by atoms with van der Waals surface area (Å²) < 4.78 is 84.0. The van der Waals surface area contributed by atoms with Crippen LogP contribution in [0.1, 0.15) is 69.9 Å². The molecule has 4 N–H and O–H groups in total. The van der Waals surface area contributed by atoms with Gasteiger partial charge in [0.1, 0.15) is 34.8 Å². The van der Waals surface area contributed by atoms with E-state index in [9.17, 15) is 36.6 Å². The number of fused-ring (bicyclic) bond motifs is 3. The highest BCUT2D eigenvalue weighted by Gasteiger charge is 2.33. The molecule has 2 aliphatic rings. The number of nitrogens with two attached hydrogens (primary N) is 1. The predicted octanol–water partition coefficient (Wildman–Crippen LogP) is 8.52. The summed E-state index contributed by atoms with van der Waals surface area (Å²) in [7, 11) is 0. The number of imidazole rings is 1. The third-order valence-electron chi connectivity index (χ3n) is 11.1. The number of hydrogen-bond donors (Lipinski definition) is 3. The fraction of sp³-hybridized carbons (Fsp3) is 0.326. The largest absolute Gasteiger partial charge is 0.507 e. The fourth-order valence-electron chi connectivity index (χ4n) is 8.05. The molecule has 62 heavy (non-hydrogen) atoms. The van der Waals surface area contributed by atoms with Crippen LogP contribution in [-0.4, -0.2) is 66.5 Å². The third-order valence-corrected chi connectivity index (χ3v) is 11.1. The topological polar surface area (TPSA) is 171 Å². The van der Waals surface area contributed by atoms with Crippen molar-refractivity contribution in [1.82, 2.24) is 44.1 Å². The number of pyridine rings is 2. The zero-order chi connectivity index (χ0) is 44.2. The maximum absolute atomic E-state index is 13.0. The molecule has 0 aliphatic carbocycles. The van der Waals surface area contributed by atoms with E-state index < -0.39 is 35.0 Å². The molecule has 2 unspecified atom stereocenters. The van der Waals surface area contributed by atoms with Crippen LogP contribution in [-0.2, 0) is 38.3 Å². The minimum absolute atomic E-state index is 0.0985. The molecule has 13 nitrogen and oxygen atoms in total. The zero-order valence-corrected chi connectivity index (χ0v) is 34.0. The highest BCUT2D eigenvalue weighted by molar-refractivity contribution is 5.87. The second-order valence-corrected chi connectivity index (χ2v) is 15.6. The Balaban J connectivity index is 0.000000171. The molecule has 0 amide bonds. The van der Waals surface area contributed by atoms with Gasteiger partial charge in [0, 0.05) is 66.6 Å². The Kier molecular flexibility index (Phi) is 10.8. The number of hydrogen-bond acceptors (Lipinski definition) is 10. The molecule has 0 radical (unpaired) electrons. The van der Waals surface area contributed by atoms with Crippen LogP contribution < -0.4 is 5.73 Å². The molecule has 7 aromatic rings. The molecular formula is C43H41F6N11O2. The molecule has 322 valence electrons. The molecule has 2 aliphatic heterocycles. The monoisotopic (exact) mass is 857 g/mol. The van der Waals surface area contributed by atoms with E-state index in [0.29, 0.717) is 40.8 Å². The Morgan fingerprint density at radius 3 is 2.00 bits per heavy atom. The number of alkyl halides is 6. The molecule has 2 aromatic carbocycles. The van der Waals surface area contributed by atoms with Gasteiger partial charge >= 0.3 is 12.4 Å². The van der Waals surface area contributed by atoms with Gasteiger partial charge < -0.3 is 25.1 Å². The van der Waals surface area contributed by atoms with Crippen molar-refractivity contribution in [1.29, 1.82) is 0 Å². The van der Waals surface area contributed by atoms with Crippen LogP contribution in [0, 0.1) is 27.7 Å². The number of aryl methyl sites for hydroxylation is 6. The van der Waals surface area contributed by atoms with Gasteiger partial charge in [-0.3, -0.25) is 9.67 Å². The van der Waals surface area contributed by atoms with Gasteiger partial charge in [0.05, 0.1) is 40.3 Å². The smallest absolute Gasteiger partial charge is 0.416 e. The van der Waals surface area contributed by atoms with Crippen molar-refractivity contribution in [3.63, 3.8) is 0 Å². The lowest BCUT2D eigenvalue weighted by Crippen LogP contribution is -2.24. The lowest BCUT2D eigenvalue weighted by molar-refractivity contribution is -0.138. The van der Waals surface area contributed by atoms with E-state index in [1.807, 2.05) is 37.0 Å². The number of anilines is 1. The summed E-state index contributed by atoms with van der Waals surface area (Å²) in [6.07, 6.45) is -0.0436. The van der Waals surface area contributed by atoms with E-state index in [2.05, 4.69) is 44.4 Å². The second-order valence-electron chi connectivity index (χ2n) is 15.6. The van der Waals surface area contributed by atoms with E-state index >= 15 is 0 Å². The van der Waals surface area contributed by atoms with Crippen molar-refractivity contribution < 1.29 is 36.6 Å². The van der Waals surface area contributed by atoms with Gasteiger partial charge in [-0.05, 0) is 100 Å². The number of phenols is 2. The highest BCUT2D eigenvalue weighted by Crippen LogP contribution is 2.40. The van der Waals surface area contributed by atoms with Crippen molar-refractivity contribution in [3.8, 4) is 34.0 Å². The number of halogens is 6. The number of nitrogens with zero attached hydrogens (tertiary/aromatic N) is 10. The van der Waals surface area contributed by atoms with Gasteiger partial charge in [-0.25, -0.2) is 15.0 Å². The van der Waals surface area contributed by atoms with Crippen molar-refractivity contribution in [2.45, 2.75) is 90.9 Å². The number of aromatic hydroxyl groups is 2. The molecule has 0 bridgehead atoms. The van der Waals surface area contributed by atoms with E-state index in [1.54, 1.807) is 24.4 Å². The lowest BCUT2D eigenvalue weighted by Gasteiger charge is -2.24. The van der Waals surface area contributed by atoms with E-state index in [1.165, 1.54) is 13.8 Å². The van der Waals surface area contributed by atoms with Gasteiger partial charge in [-0.15, -0.1) is 10.2 Å². The zero-order valence-electron chi connectivity index (χ0n) is 34.0. The average Bonchev–Trinajstić information content (AvgIpc) is 3.91. The molecule has 0 saturated carbocycles. The van der Waals surface area contributed by atoms with Crippen LogP contribution in [0.25, 0.3) is 33.5 Å². The van der Waals surface area contributed by atoms with Crippen molar-refractivity contribution in [3.05, 3.63) is 112 Å². The Bertz CT molecular complexity index is 2810. The first-order valence-corrected chi connectivity index (χ1v) is 19.7. The second kappa shape index (κ2) is 15.9. The van der Waals surface area contributed by atoms with Crippen LogP contribution in [0.2, 0.25) is 0 Å². The van der Waals surface area contributed by atoms with Gasteiger partial charge in [0.15, 0.2) is 5.65 Å². The molecule has 0 spiro atoms. The summed E-state index contributed by atoms with van der Waals surface area (Å²) >= 11 is 0. The summed E-state index contributed by atoms with van der Waals surface area (Å²) in [6, 6.07) is 10.5. The van der Waals surface area contributed by atoms with Gasteiger partial charge in [0.25, 0.3) is 0 Å². The normalized spacial score (nSPS) is 16.6. The van der Waals surface area contributed by atoms with Gasteiger partial charge in [-0.2, -0.15) is 31.4 Å². The average molecular weight is 858 g/mol. The standard InChI is InChI=1S/C22H22F3N5O.C21H19F3N6O/c1-12-7-15(22(23,24)25)8-18(31)20(12)17-5-3-14(21(26)29-17)9-27-16-4-6-19-28-13(2)10-30(19)11-16;1-11-7-14(21(22,23)24)8-17(31)19(11)16-5-3-13-9-30(28-20(13)25-16)15-4-6-18-27-26-12(2)29(18)10-15/h3,5,7-10,16,31H,4,6,11H2,1-2H3,(H2,26,29);3,5,7-9,15,31H,4,6,10H2,1-2H3. The van der Waals surface area contributed by atoms with Crippen LogP contribution in [0.15, 0.2) is 65.9 Å². The van der Waals surface area contributed by atoms with Crippen LogP contribution >= 0.6 is 0 Å². The summed E-state index contributed by atoms with van der Waals surface area (Å²) in [5.74, 6) is 2.15. The van der Waals surface area contributed by atoms with Gasteiger partial charge in [0.2, 0.25) is 0 Å². The maximum atomic E-state index is 13.0. The summed E-state index contributed by atoms with van der Waals surface area (Å²) in [6.45, 7) is 8.37. The summed E-state index contributed by atoms with van der Waals surface area (Å²) in [5, 5.41) is 34.2. The number of aromatic nitrogens is 9. The highest BCUT2D eigenvalue weighted by atomic mass is 19.4. The fourth-order valence-corrected chi connectivity index (χ4v) is 8.05. The first-order valence-electron chi connectivity index (χ1n) is 19.7. The third kappa shape index (κ3) is 8.42. The van der Waals surface area contributed by atoms with E-state index in [-0.39, 0.29) is 34.6 Å². The van der Waals surface area contributed by atoms with Gasteiger partial charge in [-0.1, -0.05) is 0 Å². The number of phenolic OH excluding ortho intramolecular Hbond substituents is 2. The Labute approximate surface area is 350 Å². The molecule has 7 heterocycles. The lowest BCUT2D eigenvalue weighted by atomic mass is 10.00. The predicted molar refractivity (Wildman–Crippen MR) is 219 cm³/mol. The molecule has 0 saturated heterocycles. The van der Waals surface area contributed by atoms with Crippen LogP contribution in [0.5, 0.6) is 11.5 Å². The van der Waals surface area contributed by atoms with E-state index in [4.69, 9.17) is 5.73 Å². The first kappa shape index (κ1) is 41.9. The van der Waals surface area contributed by atoms with Crippen molar-refractivity contribution in [2.24, 2.45) is 4.99 Å². The molecule has 2 atom stereocenters. The van der Waals surface area contributed by atoms with E-state index in [0.717, 1.165) is 79.0 Å². The molecule has 9 rings (SSSR count). The minimum Gasteiger partial charge on any atom is -0.507 e. The molecule has 0 fully saturated rings. The number of aliphatic imine (C=N–C) groups is 1. The summed E-state index contributed by atoms with van der Waals surface area (Å²) in [4.78, 5) is 17.9. The minimum atomic E-state index is -4.54. The quantitative estimate of drug-likeness (QED) is 0.113. The Hall–Kier alpha value is -6.79. The van der Waals surface area contributed by atoms with Crippen LogP contribution in [0.3, 0.4) is 0 Å².